The zero-order chi connectivity index (χ0) is 25.1. The summed E-state index contributed by atoms with van der Waals surface area (Å²) in [5.74, 6) is 10.4. The van der Waals surface area contributed by atoms with Gasteiger partial charge in [0.2, 0.25) is 0 Å². The molecule has 0 aliphatic carbocycles. The number of nitrogens with one attached hydrogen (secondary N) is 2. The highest BCUT2D eigenvalue weighted by Crippen LogP contribution is 2.14. The molecule has 1 aromatic heterocycles. The zero-order valence-electron chi connectivity index (χ0n) is 19.9. The van der Waals surface area contributed by atoms with E-state index in [1.165, 1.54) is 0 Å². The van der Waals surface area contributed by atoms with Crippen molar-refractivity contribution < 1.29 is 19.2 Å². The van der Waals surface area contributed by atoms with Gasteiger partial charge >= 0.3 is 0 Å². The number of nitrogens with zero attached hydrogens (tertiary/aromatic N) is 1. The molecule has 34 heavy (non-hydrogen) atoms. The summed E-state index contributed by atoms with van der Waals surface area (Å²) in [6, 6.07) is 9.13. The Morgan fingerprint density at radius 1 is 1.06 bits per heavy atom. The molecule has 0 spiro atoms. The Morgan fingerprint density at radius 2 is 1.68 bits per heavy atom. The van der Waals surface area contributed by atoms with Crippen molar-refractivity contribution in [1.82, 2.24) is 15.8 Å². The van der Waals surface area contributed by atoms with Crippen LogP contribution < -0.4 is 10.8 Å². The summed E-state index contributed by atoms with van der Waals surface area (Å²) in [4.78, 5) is 34.3. The van der Waals surface area contributed by atoms with Crippen LogP contribution in [0.1, 0.15) is 56.1 Å². The van der Waals surface area contributed by atoms with Crippen LogP contribution >= 0.6 is 11.6 Å². The lowest BCUT2D eigenvalue weighted by atomic mass is 10.1. The number of carbonyl (C=O) groups is 2. The lowest BCUT2D eigenvalue weighted by Crippen LogP contribution is -2.54. The van der Waals surface area contributed by atoms with E-state index in [0.29, 0.717) is 28.5 Å². The van der Waals surface area contributed by atoms with E-state index in [-0.39, 0.29) is 0 Å². The Balaban J connectivity index is 2.07. The predicted molar refractivity (Wildman–Crippen MR) is 131 cm³/mol. The average Bonchev–Trinajstić information content (AvgIpc) is 2.79. The van der Waals surface area contributed by atoms with Gasteiger partial charge in [0.1, 0.15) is 11.2 Å². The van der Waals surface area contributed by atoms with E-state index in [1.54, 1.807) is 56.4 Å². The topological polar surface area (TPSA) is 89.6 Å². The molecule has 1 unspecified atom stereocenters. The molecule has 2 N–H and O–H groups in total. The normalized spacial score (nSPS) is 12.3. The minimum atomic E-state index is -0.949. The van der Waals surface area contributed by atoms with Crippen LogP contribution in [0.2, 0.25) is 5.15 Å². The summed E-state index contributed by atoms with van der Waals surface area (Å²) < 4.78 is 5.88. The number of amides is 2. The number of hydrogen-bond acceptors (Lipinski definition) is 5. The fourth-order valence-corrected chi connectivity index (χ4v) is 2.93. The van der Waals surface area contributed by atoms with Crippen LogP contribution in [0.3, 0.4) is 0 Å². The largest absolute Gasteiger partial charge is 0.370 e. The molecule has 0 aliphatic heterocycles. The van der Waals surface area contributed by atoms with Crippen molar-refractivity contribution in [3.05, 3.63) is 64.4 Å². The Bertz CT molecular complexity index is 1100. The van der Waals surface area contributed by atoms with E-state index in [4.69, 9.17) is 21.2 Å². The van der Waals surface area contributed by atoms with Crippen LogP contribution in [0.5, 0.6) is 0 Å². The van der Waals surface area contributed by atoms with E-state index in [2.05, 4.69) is 39.5 Å². The van der Waals surface area contributed by atoms with E-state index >= 15 is 0 Å². The molecule has 0 bridgehead atoms. The van der Waals surface area contributed by atoms with Gasteiger partial charge in [-0.3, -0.25) is 14.4 Å². The van der Waals surface area contributed by atoms with Crippen LogP contribution in [0.4, 0.5) is 0 Å². The number of ether oxygens (including phenoxy) is 1. The minimum Gasteiger partial charge on any atom is -0.370 e. The van der Waals surface area contributed by atoms with Crippen molar-refractivity contribution in [2.75, 3.05) is 6.61 Å². The average molecular weight is 482 g/mol. The van der Waals surface area contributed by atoms with Crippen LogP contribution in [0.15, 0.2) is 42.6 Å². The van der Waals surface area contributed by atoms with Gasteiger partial charge < -0.3 is 10.1 Å². The number of carbonyl (C=O) groups excluding carboxylic acids is 2. The molecule has 7 nitrogen and oxygen atoms in total. The smallest absolute Gasteiger partial charge is 0.268 e. The second-order valence-corrected chi connectivity index (χ2v) is 8.62. The molecule has 2 amide bonds. The van der Waals surface area contributed by atoms with Crippen molar-refractivity contribution in [2.45, 2.75) is 52.4 Å². The van der Waals surface area contributed by atoms with Gasteiger partial charge in [0.25, 0.3) is 11.8 Å². The first kappa shape index (κ1) is 26.9. The minimum absolute atomic E-state index is 0.296. The van der Waals surface area contributed by atoms with Gasteiger partial charge in [-0.25, -0.2) is 10.5 Å². The third-order valence-electron chi connectivity index (χ3n) is 4.25. The molecule has 0 radical (unpaired) electrons. The van der Waals surface area contributed by atoms with Crippen molar-refractivity contribution >= 4 is 23.4 Å². The van der Waals surface area contributed by atoms with Crippen molar-refractivity contribution in [3.63, 3.8) is 0 Å². The van der Waals surface area contributed by atoms with Crippen LogP contribution in [0, 0.1) is 23.7 Å². The second kappa shape index (κ2) is 12.8. The fraction of sp³-hybridized carbons (Fsp3) is 0.346. The molecule has 2 aromatic rings. The number of halogens is 1. The van der Waals surface area contributed by atoms with Gasteiger partial charge in [0.15, 0.2) is 0 Å². The quantitative estimate of drug-likeness (QED) is 0.359. The van der Waals surface area contributed by atoms with Crippen LogP contribution in [0.25, 0.3) is 0 Å². The SMILES string of the molecule is CCONC(=O)C(NC(=O)c1ccc(C#CC#Cc2ccc(Cl)nc2)cc1)[C@@H](C)OC(C)(C)C. The molecule has 8 heteroatoms. The lowest BCUT2D eigenvalue weighted by molar-refractivity contribution is -0.142. The van der Waals surface area contributed by atoms with Gasteiger partial charge in [-0.2, -0.15) is 0 Å². The fourth-order valence-electron chi connectivity index (χ4n) is 2.81. The summed E-state index contributed by atoms with van der Waals surface area (Å²) in [6.07, 6.45) is 0.976. The number of hydroxylamine groups is 1. The van der Waals surface area contributed by atoms with Crippen molar-refractivity contribution in [3.8, 4) is 23.7 Å². The summed E-state index contributed by atoms with van der Waals surface area (Å²) >= 11 is 5.74. The zero-order valence-corrected chi connectivity index (χ0v) is 20.6. The molecular formula is C26H28ClN3O4. The summed E-state index contributed by atoms with van der Waals surface area (Å²) in [7, 11) is 0. The first-order valence-corrected chi connectivity index (χ1v) is 11.1. The Hall–Kier alpha value is -3.36. The highest BCUT2D eigenvalue weighted by molar-refractivity contribution is 6.29. The van der Waals surface area contributed by atoms with Gasteiger partial charge in [-0.1, -0.05) is 23.4 Å². The summed E-state index contributed by atoms with van der Waals surface area (Å²) in [6.45, 7) is 9.39. The maximum Gasteiger partial charge on any atom is 0.268 e. The molecule has 0 saturated heterocycles. The van der Waals surface area contributed by atoms with Crippen molar-refractivity contribution in [2.24, 2.45) is 0 Å². The highest BCUT2D eigenvalue weighted by Gasteiger charge is 2.31. The maximum atomic E-state index is 12.8. The molecule has 2 rings (SSSR count). The van der Waals surface area contributed by atoms with E-state index < -0.39 is 29.6 Å². The Labute approximate surface area is 205 Å². The molecule has 0 fully saturated rings. The maximum absolute atomic E-state index is 12.8. The Morgan fingerprint density at radius 3 is 2.24 bits per heavy atom. The second-order valence-electron chi connectivity index (χ2n) is 8.23. The number of hydrogen-bond donors (Lipinski definition) is 2. The standard InChI is InChI=1S/C26H28ClN3O4/c1-6-33-30-25(32)23(18(2)34-26(3,4)5)29-24(31)21-14-11-19(12-15-21)9-7-8-10-20-13-16-22(27)28-17-20/h11-18,23H,6H2,1-5H3,(H,29,31)(H,30,32)/t18-,23?/m1/s1. The molecular weight excluding hydrogens is 454 g/mol. The lowest BCUT2D eigenvalue weighted by Gasteiger charge is -2.30. The monoisotopic (exact) mass is 481 g/mol. The van der Waals surface area contributed by atoms with Crippen LogP contribution in [-0.2, 0) is 14.4 Å². The predicted octanol–water partition coefficient (Wildman–Crippen LogP) is 3.51. The van der Waals surface area contributed by atoms with Crippen molar-refractivity contribution in [1.29, 1.82) is 0 Å². The molecule has 0 saturated carbocycles. The number of benzene rings is 1. The van der Waals surface area contributed by atoms with Gasteiger partial charge in [-0.05, 0) is 82.9 Å². The number of rotatable bonds is 7. The molecule has 2 atom stereocenters. The first-order valence-electron chi connectivity index (χ1n) is 10.7. The molecule has 0 aliphatic rings. The first-order chi connectivity index (χ1) is 16.1. The number of pyridine rings is 1. The van der Waals surface area contributed by atoms with Gasteiger partial charge in [0, 0.05) is 22.9 Å². The third kappa shape index (κ3) is 9.25. The van der Waals surface area contributed by atoms with Gasteiger partial charge in [-0.15, -0.1) is 0 Å². The van der Waals surface area contributed by atoms with E-state index in [9.17, 15) is 9.59 Å². The third-order valence-corrected chi connectivity index (χ3v) is 4.47. The van der Waals surface area contributed by atoms with Gasteiger partial charge in [0.05, 0.1) is 18.3 Å². The molecule has 1 aromatic carbocycles. The Kier molecular flexibility index (Phi) is 10.1. The molecule has 1 heterocycles. The summed E-state index contributed by atoms with van der Waals surface area (Å²) in [5, 5.41) is 3.13. The van der Waals surface area contributed by atoms with E-state index in [0.717, 1.165) is 0 Å². The molecule has 178 valence electrons. The van der Waals surface area contributed by atoms with Crippen LogP contribution in [-0.4, -0.2) is 41.2 Å². The summed E-state index contributed by atoms with van der Waals surface area (Å²) in [5.41, 5.74) is 3.61. The van der Waals surface area contributed by atoms with E-state index in [1.807, 2.05) is 20.8 Å². The number of aromatic nitrogens is 1. The highest BCUT2D eigenvalue weighted by atomic mass is 35.5.